The van der Waals surface area contributed by atoms with E-state index in [-0.39, 0.29) is 24.8 Å². The van der Waals surface area contributed by atoms with Gasteiger partial charge in [-0.2, -0.15) is 0 Å². The molecule has 1 aromatic carbocycles. The van der Waals surface area contributed by atoms with Crippen molar-refractivity contribution in [3.8, 4) is 5.75 Å². The number of aliphatic carboxylic acids is 1. The van der Waals surface area contributed by atoms with Crippen molar-refractivity contribution >= 4 is 29.4 Å². The molecular formula is C18H23ClN2O5. The van der Waals surface area contributed by atoms with Gasteiger partial charge in [0.2, 0.25) is 5.91 Å². The molecule has 1 aromatic rings. The van der Waals surface area contributed by atoms with Crippen LogP contribution in [0, 0.1) is 0 Å². The molecule has 26 heavy (non-hydrogen) atoms. The number of carboxylic acids is 1. The Morgan fingerprint density at radius 3 is 2.73 bits per heavy atom. The number of hydrogen-bond acceptors (Lipinski definition) is 4. The first-order valence-corrected chi connectivity index (χ1v) is 8.92. The number of hydrogen-bond donors (Lipinski definition) is 1. The maximum absolute atomic E-state index is 13.0. The predicted molar refractivity (Wildman–Crippen MR) is 96.6 cm³/mol. The molecule has 1 saturated heterocycles. The first kappa shape index (κ1) is 20.0. The molecular weight excluding hydrogens is 360 g/mol. The number of carboxylic acid groups (broad SMARTS) is 1. The van der Waals surface area contributed by atoms with Crippen molar-refractivity contribution in [2.45, 2.75) is 32.2 Å². The molecule has 0 aromatic heterocycles. The minimum atomic E-state index is -0.959. The highest BCUT2D eigenvalue weighted by atomic mass is 35.5. The molecule has 0 saturated carbocycles. The van der Waals surface area contributed by atoms with Gasteiger partial charge in [0.05, 0.1) is 19.1 Å². The summed E-state index contributed by atoms with van der Waals surface area (Å²) in [5.74, 6) is -1.09. The Bertz CT molecular complexity index is 694. The van der Waals surface area contributed by atoms with Crippen LogP contribution >= 0.6 is 11.6 Å². The minimum absolute atomic E-state index is 0.123. The minimum Gasteiger partial charge on any atom is -0.496 e. The van der Waals surface area contributed by atoms with Crippen molar-refractivity contribution in [1.82, 2.24) is 9.80 Å². The van der Waals surface area contributed by atoms with E-state index in [0.717, 1.165) is 0 Å². The Labute approximate surface area is 157 Å². The van der Waals surface area contributed by atoms with Gasteiger partial charge in [0, 0.05) is 24.7 Å². The molecule has 0 radical (unpaired) electrons. The number of carbonyl (C=O) groups is 3. The van der Waals surface area contributed by atoms with Crippen molar-refractivity contribution in [2.24, 2.45) is 0 Å². The average molecular weight is 383 g/mol. The zero-order valence-corrected chi connectivity index (χ0v) is 15.7. The second-order valence-corrected chi connectivity index (χ2v) is 6.50. The van der Waals surface area contributed by atoms with E-state index in [1.54, 1.807) is 19.1 Å². The smallest absolute Gasteiger partial charge is 0.305 e. The summed E-state index contributed by atoms with van der Waals surface area (Å²) in [6, 6.07) is 4.19. The van der Waals surface area contributed by atoms with Crippen LogP contribution in [0.4, 0.5) is 0 Å². The number of likely N-dealkylation sites (N-methyl/N-ethyl adjacent to an activating group) is 1. The zero-order valence-electron chi connectivity index (χ0n) is 14.9. The number of amides is 2. The zero-order chi connectivity index (χ0) is 19.3. The summed E-state index contributed by atoms with van der Waals surface area (Å²) in [7, 11) is 1.47. The summed E-state index contributed by atoms with van der Waals surface area (Å²) < 4.78 is 5.24. The van der Waals surface area contributed by atoms with Gasteiger partial charge in [0.25, 0.3) is 5.91 Å². The number of likely N-dealkylation sites (tertiary alicyclic amines) is 1. The summed E-state index contributed by atoms with van der Waals surface area (Å²) in [5.41, 5.74) is 0.313. The monoisotopic (exact) mass is 382 g/mol. The maximum atomic E-state index is 13.0. The van der Waals surface area contributed by atoms with E-state index in [2.05, 4.69) is 0 Å². The first-order chi connectivity index (χ1) is 12.4. The Kier molecular flexibility index (Phi) is 6.85. The van der Waals surface area contributed by atoms with Crippen LogP contribution in [0.15, 0.2) is 18.2 Å². The van der Waals surface area contributed by atoms with E-state index < -0.39 is 12.0 Å². The lowest BCUT2D eigenvalue weighted by atomic mass is 10.1. The summed E-state index contributed by atoms with van der Waals surface area (Å²) in [5, 5.41) is 9.26. The van der Waals surface area contributed by atoms with Crippen molar-refractivity contribution in [3.05, 3.63) is 28.8 Å². The number of carbonyl (C=O) groups excluding carboxylic acids is 2. The molecule has 0 spiro atoms. The SMILES string of the molecule is CCN(CCC(=O)O)C(=O)C1CCCN1C(=O)c1cc(Cl)ccc1OC. The molecule has 1 unspecified atom stereocenters. The highest BCUT2D eigenvalue weighted by Gasteiger charge is 2.37. The summed E-state index contributed by atoms with van der Waals surface area (Å²) >= 11 is 6.01. The number of halogens is 1. The van der Waals surface area contributed by atoms with Crippen LogP contribution in [0.2, 0.25) is 5.02 Å². The fraction of sp³-hybridized carbons (Fsp3) is 0.500. The van der Waals surface area contributed by atoms with Gasteiger partial charge in [-0.1, -0.05) is 11.6 Å². The number of nitrogens with zero attached hydrogens (tertiary/aromatic N) is 2. The van der Waals surface area contributed by atoms with Gasteiger partial charge in [0.1, 0.15) is 11.8 Å². The van der Waals surface area contributed by atoms with E-state index in [1.807, 2.05) is 0 Å². The molecule has 7 nitrogen and oxygen atoms in total. The number of benzene rings is 1. The van der Waals surface area contributed by atoms with E-state index >= 15 is 0 Å². The predicted octanol–water partition coefficient (Wildman–Crippen LogP) is 2.28. The maximum Gasteiger partial charge on any atom is 0.305 e. The molecule has 0 bridgehead atoms. The molecule has 2 amide bonds. The molecule has 1 atom stereocenters. The second kappa shape index (κ2) is 8.89. The Hall–Kier alpha value is -2.28. The van der Waals surface area contributed by atoms with Crippen molar-refractivity contribution in [2.75, 3.05) is 26.7 Å². The summed E-state index contributed by atoms with van der Waals surface area (Å²) in [4.78, 5) is 39.6. The van der Waals surface area contributed by atoms with Gasteiger partial charge in [-0.25, -0.2) is 0 Å². The number of methoxy groups -OCH3 is 1. The van der Waals surface area contributed by atoms with E-state index in [0.29, 0.717) is 42.3 Å². The summed E-state index contributed by atoms with van der Waals surface area (Å²) in [6.45, 7) is 2.77. The normalized spacial score (nSPS) is 16.4. The molecule has 142 valence electrons. The van der Waals surface area contributed by atoms with Crippen LogP contribution in [0.5, 0.6) is 5.75 Å². The highest BCUT2D eigenvalue weighted by Crippen LogP contribution is 2.28. The van der Waals surface area contributed by atoms with Gasteiger partial charge in [0.15, 0.2) is 0 Å². The topological polar surface area (TPSA) is 87.2 Å². The average Bonchev–Trinajstić information content (AvgIpc) is 3.10. The van der Waals surface area contributed by atoms with Crippen LogP contribution in [-0.2, 0) is 9.59 Å². The van der Waals surface area contributed by atoms with E-state index in [9.17, 15) is 14.4 Å². The van der Waals surface area contributed by atoms with E-state index in [1.165, 1.54) is 23.0 Å². The quantitative estimate of drug-likeness (QED) is 0.781. The fourth-order valence-corrected chi connectivity index (χ4v) is 3.31. The number of ether oxygens (including phenoxy) is 1. The molecule has 1 fully saturated rings. The number of rotatable bonds is 7. The Balaban J connectivity index is 2.21. The van der Waals surface area contributed by atoms with Gasteiger partial charge < -0.3 is 19.6 Å². The molecule has 8 heteroatoms. The lowest BCUT2D eigenvalue weighted by Gasteiger charge is -2.29. The molecule has 0 aliphatic carbocycles. The largest absolute Gasteiger partial charge is 0.496 e. The van der Waals surface area contributed by atoms with Crippen LogP contribution in [0.3, 0.4) is 0 Å². The Morgan fingerprint density at radius 1 is 1.38 bits per heavy atom. The van der Waals surface area contributed by atoms with Crippen molar-refractivity contribution in [3.63, 3.8) is 0 Å². The third-order valence-electron chi connectivity index (χ3n) is 4.48. The van der Waals surface area contributed by atoms with Crippen LogP contribution < -0.4 is 4.74 Å². The van der Waals surface area contributed by atoms with Crippen LogP contribution in [-0.4, -0.2) is 65.5 Å². The molecule has 1 heterocycles. The standard InChI is InChI=1S/C18H23ClN2O5/c1-3-20(10-8-16(22)23)18(25)14-5-4-9-21(14)17(24)13-11-12(19)6-7-15(13)26-2/h6-7,11,14H,3-5,8-10H2,1-2H3,(H,22,23). The Morgan fingerprint density at radius 2 is 2.12 bits per heavy atom. The lowest BCUT2D eigenvalue weighted by molar-refractivity contribution is -0.139. The highest BCUT2D eigenvalue weighted by molar-refractivity contribution is 6.31. The third kappa shape index (κ3) is 4.46. The molecule has 1 N–H and O–H groups in total. The third-order valence-corrected chi connectivity index (χ3v) is 4.71. The summed E-state index contributed by atoms with van der Waals surface area (Å²) in [6.07, 6.45) is 1.14. The van der Waals surface area contributed by atoms with Crippen LogP contribution in [0.25, 0.3) is 0 Å². The van der Waals surface area contributed by atoms with Gasteiger partial charge in [-0.15, -0.1) is 0 Å². The molecule has 2 rings (SSSR count). The van der Waals surface area contributed by atoms with Crippen molar-refractivity contribution in [1.29, 1.82) is 0 Å². The molecule has 1 aliphatic heterocycles. The fourth-order valence-electron chi connectivity index (χ4n) is 3.13. The van der Waals surface area contributed by atoms with Crippen molar-refractivity contribution < 1.29 is 24.2 Å². The second-order valence-electron chi connectivity index (χ2n) is 6.06. The lowest BCUT2D eigenvalue weighted by Crippen LogP contribution is -2.48. The van der Waals surface area contributed by atoms with E-state index in [4.69, 9.17) is 21.4 Å². The van der Waals surface area contributed by atoms with Gasteiger partial charge in [-0.3, -0.25) is 14.4 Å². The van der Waals surface area contributed by atoms with Crippen LogP contribution in [0.1, 0.15) is 36.5 Å². The van der Waals surface area contributed by atoms with Gasteiger partial charge >= 0.3 is 5.97 Å². The van der Waals surface area contributed by atoms with Gasteiger partial charge in [-0.05, 0) is 38.0 Å². The molecule has 1 aliphatic rings. The first-order valence-electron chi connectivity index (χ1n) is 8.54.